The molecule has 0 bridgehead atoms. The molecule has 0 aliphatic carbocycles. The molecule has 2 N–H and O–H groups in total. The van der Waals surface area contributed by atoms with Crippen molar-refractivity contribution in [2.45, 2.75) is 6.92 Å². The number of rotatable bonds is 2. The standard InChI is InChI=1S/C12H12Br2N2O3/c1-6-2-8(13)10(9(14)3-6)15-12(19)16-4-7(5-16)11(17)18/h2-3,7H,4-5H2,1H3,(H,15,19)(H,17,18). The first-order chi connectivity index (χ1) is 8.88. The number of nitrogens with zero attached hydrogens (tertiary/aromatic N) is 1. The number of nitrogens with one attached hydrogen (secondary N) is 1. The Morgan fingerprint density at radius 1 is 1.32 bits per heavy atom. The highest BCUT2D eigenvalue weighted by Gasteiger charge is 2.35. The van der Waals surface area contributed by atoms with E-state index in [0.717, 1.165) is 14.5 Å². The molecule has 1 aliphatic heterocycles. The molecule has 5 nitrogen and oxygen atoms in total. The summed E-state index contributed by atoms with van der Waals surface area (Å²) in [6, 6.07) is 3.51. The van der Waals surface area contributed by atoms with Crippen molar-refractivity contribution < 1.29 is 14.7 Å². The molecular weight excluding hydrogens is 380 g/mol. The van der Waals surface area contributed by atoms with Crippen LogP contribution in [-0.2, 0) is 4.79 Å². The van der Waals surface area contributed by atoms with Crippen molar-refractivity contribution in [1.29, 1.82) is 0 Å². The minimum Gasteiger partial charge on any atom is -0.481 e. The first kappa shape index (κ1) is 14.3. The van der Waals surface area contributed by atoms with Crippen molar-refractivity contribution in [1.82, 2.24) is 4.90 Å². The van der Waals surface area contributed by atoms with E-state index in [1.54, 1.807) is 0 Å². The zero-order valence-electron chi connectivity index (χ0n) is 10.1. The van der Waals surface area contributed by atoms with Gasteiger partial charge in [-0.1, -0.05) is 0 Å². The maximum absolute atomic E-state index is 11.9. The smallest absolute Gasteiger partial charge is 0.321 e. The first-order valence-corrected chi connectivity index (χ1v) is 7.21. The Morgan fingerprint density at radius 2 is 1.84 bits per heavy atom. The van der Waals surface area contributed by atoms with Gasteiger partial charge >= 0.3 is 12.0 Å². The average molecular weight is 392 g/mol. The van der Waals surface area contributed by atoms with Crippen molar-refractivity contribution in [2.75, 3.05) is 18.4 Å². The van der Waals surface area contributed by atoms with Gasteiger partial charge in [0.2, 0.25) is 0 Å². The molecule has 0 spiro atoms. The van der Waals surface area contributed by atoms with Gasteiger partial charge in [0.15, 0.2) is 0 Å². The second kappa shape index (κ2) is 5.50. The van der Waals surface area contributed by atoms with Crippen LogP contribution in [0.15, 0.2) is 21.1 Å². The van der Waals surface area contributed by atoms with E-state index in [1.165, 1.54) is 4.90 Å². The molecule has 2 rings (SSSR count). The number of carbonyl (C=O) groups excluding carboxylic acids is 1. The molecule has 1 saturated heterocycles. The Balaban J connectivity index is 2.03. The van der Waals surface area contributed by atoms with Gasteiger partial charge in [0.1, 0.15) is 0 Å². The number of anilines is 1. The van der Waals surface area contributed by atoms with Gasteiger partial charge in [0.25, 0.3) is 0 Å². The molecule has 1 aromatic rings. The van der Waals surface area contributed by atoms with E-state index in [0.29, 0.717) is 5.69 Å². The van der Waals surface area contributed by atoms with E-state index < -0.39 is 11.9 Å². The molecule has 1 aromatic carbocycles. The van der Waals surface area contributed by atoms with Crippen LogP contribution in [0, 0.1) is 12.8 Å². The van der Waals surface area contributed by atoms with E-state index in [4.69, 9.17) is 5.11 Å². The third-order valence-electron chi connectivity index (χ3n) is 2.94. The van der Waals surface area contributed by atoms with Crippen LogP contribution < -0.4 is 5.32 Å². The van der Waals surface area contributed by atoms with Gasteiger partial charge in [-0.2, -0.15) is 0 Å². The molecule has 1 aliphatic rings. The summed E-state index contributed by atoms with van der Waals surface area (Å²) in [5.74, 6) is -1.31. The van der Waals surface area contributed by atoms with Crippen molar-refractivity contribution in [2.24, 2.45) is 5.92 Å². The fourth-order valence-electron chi connectivity index (χ4n) is 1.81. The largest absolute Gasteiger partial charge is 0.481 e. The highest BCUT2D eigenvalue weighted by atomic mass is 79.9. The number of aryl methyl sites for hydroxylation is 1. The number of aliphatic carboxylic acids is 1. The van der Waals surface area contributed by atoms with E-state index in [9.17, 15) is 9.59 Å². The molecule has 2 amide bonds. The Bertz CT molecular complexity index is 519. The summed E-state index contributed by atoms with van der Waals surface area (Å²) in [5.41, 5.74) is 1.71. The van der Waals surface area contributed by atoms with Gasteiger partial charge in [0.05, 0.1) is 11.6 Å². The zero-order chi connectivity index (χ0) is 14.2. The summed E-state index contributed by atoms with van der Waals surface area (Å²) >= 11 is 6.79. The number of carbonyl (C=O) groups is 2. The minimum atomic E-state index is -0.859. The molecule has 7 heteroatoms. The predicted molar refractivity (Wildman–Crippen MR) is 78.3 cm³/mol. The Kier molecular flexibility index (Phi) is 4.15. The quantitative estimate of drug-likeness (QED) is 0.813. The van der Waals surface area contributed by atoms with Crippen LogP contribution in [0.25, 0.3) is 0 Å². The molecular formula is C12H12Br2N2O3. The third-order valence-corrected chi connectivity index (χ3v) is 4.19. The zero-order valence-corrected chi connectivity index (χ0v) is 13.3. The molecule has 1 fully saturated rings. The van der Waals surface area contributed by atoms with Crippen LogP contribution in [0.4, 0.5) is 10.5 Å². The fourth-order valence-corrected chi connectivity index (χ4v) is 3.42. The van der Waals surface area contributed by atoms with Crippen molar-refractivity contribution in [3.05, 3.63) is 26.6 Å². The summed E-state index contributed by atoms with van der Waals surface area (Å²) in [6.07, 6.45) is 0. The Labute approximate surface area is 127 Å². The maximum Gasteiger partial charge on any atom is 0.321 e. The Morgan fingerprint density at radius 3 is 2.32 bits per heavy atom. The molecule has 19 heavy (non-hydrogen) atoms. The monoisotopic (exact) mass is 390 g/mol. The summed E-state index contributed by atoms with van der Waals surface area (Å²) in [5, 5.41) is 11.5. The van der Waals surface area contributed by atoms with Gasteiger partial charge in [-0.25, -0.2) is 4.79 Å². The average Bonchev–Trinajstić information content (AvgIpc) is 2.20. The number of carboxylic acids is 1. The molecule has 0 saturated carbocycles. The third kappa shape index (κ3) is 3.09. The van der Waals surface area contributed by atoms with Crippen molar-refractivity contribution in [3.63, 3.8) is 0 Å². The summed E-state index contributed by atoms with van der Waals surface area (Å²) in [4.78, 5) is 24.1. The second-order valence-corrected chi connectivity index (χ2v) is 6.18. The summed E-state index contributed by atoms with van der Waals surface area (Å²) < 4.78 is 1.56. The van der Waals surface area contributed by atoms with Gasteiger partial charge < -0.3 is 15.3 Å². The van der Waals surface area contributed by atoms with E-state index in [2.05, 4.69) is 37.2 Å². The van der Waals surface area contributed by atoms with Crippen LogP contribution in [0.1, 0.15) is 5.56 Å². The fraction of sp³-hybridized carbons (Fsp3) is 0.333. The van der Waals surface area contributed by atoms with Gasteiger partial charge in [-0.3, -0.25) is 4.79 Å². The predicted octanol–water partition coefficient (Wildman–Crippen LogP) is 3.07. The normalized spacial score (nSPS) is 15.0. The van der Waals surface area contributed by atoms with Crippen LogP contribution in [0.3, 0.4) is 0 Å². The van der Waals surface area contributed by atoms with Gasteiger partial charge in [-0.05, 0) is 56.5 Å². The molecule has 0 atom stereocenters. The number of hydrogen-bond acceptors (Lipinski definition) is 2. The lowest BCUT2D eigenvalue weighted by Crippen LogP contribution is -2.54. The Hall–Kier alpha value is -1.08. The number of urea groups is 1. The van der Waals surface area contributed by atoms with E-state index in [1.807, 2.05) is 19.1 Å². The van der Waals surface area contributed by atoms with Crippen molar-refractivity contribution in [3.8, 4) is 0 Å². The van der Waals surface area contributed by atoms with Crippen LogP contribution >= 0.6 is 31.9 Å². The molecule has 102 valence electrons. The molecule has 0 radical (unpaired) electrons. The van der Waals surface area contributed by atoms with Gasteiger partial charge in [-0.15, -0.1) is 0 Å². The second-order valence-electron chi connectivity index (χ2n) is 4.47. The number of halogens is 2. The lowest BCUT2D eigenvalue weighted by molar-refractivity contribution is -0.145. The molecule has 0 aromatic heterocycles. The van der Waals surface area contributed by atoms with Crippen molar-refractivity contribution >= 4 is 49.5 Å². The number of hydrogen-bond donors (Lipinski definition) is 2. The van der Waals surface area contributed by atoms with E-state index in [-0.39, 0.29) is 19.1 Å². The lowest BCUT2D eigenvalue weighted by Gasteiger charge is -2.36. The first-order valence-electron chi connectivity index (χ1n) is 5.63. The van der Waals surface area contributed by atoms with Gasteiger partial charge in [0, 0.05) is 22.0 Å². The molecule has 0 unspecified atom stereocenters. The lowest BCUT2D eigenvalue weighted by atomic mass is 10.0. The highest BCUT2D eigenvalue weighted by molar-refractivity contribution is 9.11. The number of likely N-dealkylation sites (tertiary alicyclic amines) is 1. The number of carboxylic acid groups (broad SMARTS) is 1. The van der Waals surface area contributed by atoms with Crippen LogP contribution in [0.5, 0.6) is 0 Å². The number of benzene rings is 1. The maximum atomic E-state index is 11.9. The van der Waals surface area contributed by atoms with Crippen LogP contribution in [0.2, 0.25) is 0 Å². The number of amides is 2. The topological polar surface area (TPSA) is 69.6 Å². The summed E-state index contributed by atoms with van der Waals surface area (Å²) in [6.45, 7) is 2.46. The SMILES string of the molecule is Cc1cc(Br)c(NC(=O)N2CC(C(=O)O)C2)c(Br)c1. The highest BCUT2D eigenvalue weighted by Crippen LogP contribution is 2.33. The van der Waals surface area contributed by atoms with Crippen LogP contribution in [-0.4, -0.2) is 35.1 Å². The molecule has 1 heterocycles. The van der Waals surface area contributed by atoms with E-state index >= 15 is 0 Å². The summed E-state index contributed by atoms with van der Waals surface area (Å²) in [7, 11) is 0. The minimum absolute atomic E-state index is 0.252.